The molecule has 2 aliphatic heterocycles. The first-order valence-corrected chi connectivity index (χ1v) is 11.2. The molecule has 2 heterocycles. The summed E-state index contributed by atoms with van der Waals surface area (Å²) in [4.78, 5) is 26.6. The fourth-order valence-electron chi connectivity index (χ4n) is 3.64. The van der Waals surface area contributed by atoms with E-state index in [1.165, 1.54) is 27.4 Å². The van der Waals surface area contributed by atoms with E-state index >= 15 is 0 Å². The molecule has 1 N–H and O–H groups in total. The fraction of sp³-hybridized carbons (Fsp3) is 0.300. The van der Waals surface area contributed by atoms with Crippen molar-refractivity contribution in [2.75, 3.05) is 29.9 Å². The summed E-state index contributed by atoms with van der Waals surface area (Å²) in [5.74, 6) is -0.768. The summed E-state index contributed by atoms with van der Waals surface area (Å²) in [5.41, 5.74) is 1.10. The Morgan fingerprint density at radius 2 is 1.79 bits per heavy atom. The molecule has 2 aromatic carbocycles. The monoisotopic (exact) mass is 433 g/mol. The van der Waals surface area contributed by atoms with Crippen molar-refractivity contribution in [3.05, 3.63) is 53.1 Å². The van der Waals surface area contributed by atoms with E-state index in [4.69, 9.17) is 11.6 Å². The Balaban J connectivity index is 1.69. The lowest BCUT2D eigenvalue weighted by Crippen LogP contribution is -2.42. The maximum absolute atomic E-state index is 13.0. The van der Waals surface area contributed by atoms with Crippen LogP contribution in [0.1, 0.15) is 29.6 Å². The normalized spacial score (nSPS) is 17.6. The van der Waals surface area contributed by atoms with Crippen LogP contribution < -0.4 is 10.2 Å². The van der Waals surface area contributed by atoms with E-state index in [1.54, 1.807) is 24.3 Å². The van der Waals surface area contributed by atoms with Crippen molar-refractivity contribution in [2.45, 2.75) is 24.2 Å². The van der Waals surface area contributed by atoms with Gasteiger partial charge in [0.1, 0.15) is 6.54 Å². The number of sulfonamides is 1. The zero-order chi connectivity index (χ0) is 20.6. The minimum Gasteiger partial charge on any atom is -0.323 e. The van der Waals surface area contributed by atoms with Crippen molar-refractivity contribution in [1.29, 1.82) is 0 Å². The number of anilines is 2. The van der Waals surface area contributed by atoms with Crippen molar-refractivity contribution in [2.24, 2.45) is 0 Å². The summed E-state index contributed by atoms with van der Waals surface area (Å²) in [6.45, 7) is 0.826. The molecule has 2 aliphatic rings. The molecule has 0 radical (unpaired) electrons. The van der Waals surface area contributed by atoms with Crippen LogP contribution in [0.15, 0.2) is 47.4 Å². The van der Waals surface area contributed by atoms with Crippen LogP contribution in [0, 0.1) is 0 Å². The van der Waals surface area contributed by atoms with Gasteiger partial charge in [-0.15, -0.1) is 0 Å². The SMILES string of the molecule is O=C1CN(C(=O)c2cccc(Cl)c2)c2ccc(S(=O)(=O)N3CCCCC3)cc2N1. The molecule has 0 saturated carbocycles. The molecule has 0 aliphatic carbocycles. The van der Waals surface area contributed by atoms with Gasteiger partial charge in [-0.1, -0.05) is 24.1 Å². The second-order valence-electron chi connectivity index (χ2n) is 7.09. The van der Waals surface area contributed by atoms with Crippen molar-refractivity contribution >= 4 is 44.8 Å². The molecule has 2 amide bonds. The predicted molar refractivity (Wildman–Crippen MR) is 111 cm³/mol. The van der Waals surface area contributed by atoms with Crippen LogP contribution in [0.25, 0.3) is 0 Å². The summed E-state index contributed by atoms with van der Waals surface area (Å²) in [5, 5.41) is 3.10. The quantitative estimate of drug-likeness (QED) is 0.805. The van der Waals surface area contributed by atoms with E-state index < -0.39 is 10.0 Å². The number of nitrogens with zero attached hydrogens (tertiary/aromatic N) is 2. The Kier molecular flexibility index (Phi) is 5.33. The van der Waals surface area contributed by atoms with Crippen LogP contribution in [0.2, 0.25) is 5.02 Å². The van der Waals surface area contributed by atoms with Crippen molar-refractivity contribution in [3.8, 4) is 0 Å². The highest BCUT2D eigenvalue weighted by Gasteiger charge is 2.31. The van der Waals surface area contributed by atoms with Crippen LogP contribution in [-0.2, 0) is 14.8 Å². The summed E-state index contributed by atoms with van der Waals surface area (Å²) < 4.78 is 27.4. The zero-order valence-corrected chi connectivity index (χ0v) is 17.2. The highest BCUT2D eigenvalue weighted by Crippen LogP contribution is 2.34. The van der Waals surface area contributed by atoms with Crippen LogP contribution >= 0.6 is 11.6 Å². The standard InChI is InChI=1S/C20H20ClN3O4S/c21-15-6-4-5-14(11-15)20(26)24-13-19(25)22-17-12-16(7-8-18(17)24)29(27,28)23-9-2-1-3-10-23/h4-8,11-12H,1-3,9-10,13H2,(H,22,25). The predicted octanol–water partition coefficient (Wildman–Crippen LogP) is 3.11. The van der Waals surface area contributed by atoms with Gasteiger partial charge in [-0.05, 0) is 49.2 Å². The lowest BCUT2D eigenvalue weighted by Gasteiger charge is -2.30. The Morgan fingerprint density at radius 1 is 1.03 bits per heavy atom. The molecular weight excluding hydrogens is 414 g/mol. The number of hydrogen-bond acceptors (Lipinski definition) is 4. The van der Waals surface area contributed by atoms with Crippen molar-refractivity contribution in [3.63, 3.8) is 0 Å². The largest absolute Gasteiger partial charge is 0.323 e. The van der Waals surface area contributed by atoms with Gasteiger partial charge in [-0.3, -0.25) is 14.5 Å². The summed E-state index contributed by atoms with van der Waals surface area (Å²) in [7, 11) is -3.65. The minimum absolute atomic E-state index is 0.107. The molecular formula is C20H20ClN3O4S. The number of piperidine rings is 1. The van der Waals surface area contributed by atoms with E-state index in [0.29, 0.717) is 35.1 Å². The molecule has 0 bridgehead atoms. The molecule has 29 heavy (non-hydrogen) atoms. The number of hydrogen-bond donors (Lipinski definition) is 1. The van der Waals surface area contributed by atoms with Gasteiger partial charge in [0.05, 0.1) is 16.3 Å². The number of fused-ring (bicyclic) bond motifs is 1. The van der Waals surface area contributed by atoms with Crippen LogP contribution in [0.5, 0.6) is 0 Å². The molecule has 2 aromatic rings. The van der Waals surface area contributed by atoms with Gasteiger partial charge in [0.2, 0.25) is 15.9 Å². The van der Waals surface area contributed by atoms with Gasteiger partial charge in [-0.25, -0.2) is 8.42 Å². The van der Waals surface area contributed by atoms with Crippen LogP contribution in [0.3, 0.4) is 0 Å². The lowest BCUT2D eigenvalue weighted by atomic mass is 10.1. The number of benzene rings is 2. The lowest BCUT2D eigenvalue weighted by molar-refractivity contribution is -0.115. The number of halogens is 1. The Morgan fingerprint density at radius 3 is 2.52 bits per heavy atom. The average molecular weight is 434 g/mol. The molecule has 0 unspecified atom stereocenters. The van der Waals surface area contributed by atoms with Gasteiger partial charge >= 0.3 is 0 Å². The topological polar surface area (TPSA) is 86.8 Å². The number of carbonyl (C=O) groups excluding carboxylic acids is 2. The van der Waals surface area contributed by atoms with E-state index in [1.807, 2.05) is 0 Å². The Labute approximate surface area is 174 Å². The number of rotatable bonds is 3. The fourth-order valence-corrected chi connectivity index (χ4v) is 5.38. The molecule has 0 aromatic heterocycles. The summed E-state index contributed by atoms with van der Waals surface area (Å²) >= 11 is 5.98. The number of amides is 2. The molecule has 9 heteroatoms. The number of nitrogens with one attached hydrogen (secondary N) is 1. The van der Waals surface area contributed by atoms with Crippen LogP contribution in [-0.4, -0.2) is 44.2 Å². The second kappa shape index (κ2) is 7.78. The molecule has 7 nitrogen and oxygen atoms in total. The van der Waals surface area contributed by atoms with E-state index in [9.17, 15) is 18.0 Å². The molecule has 152 valence electrons. The Hall–Kier alpha value is -2.42. The van der Waals surface area contributed by atoms with Gasteiger partial charge in [0.25, 0.3) is 5.91 Å². The van der Waals surface area contributed by atoms with E-state index in [2.05, 4.69) is 5.32 Å². The molecule has 1 fully saturated rings. The van der Waals surface area contributed by atoms with E-state index in [-0.39, 0.29) is 23.3 Å². The first-order chi connectivity index (χ1) is 13.9. The molecule has 0 atom stereocenters. The van der Waals surface area contributed by atoms with Gasteiger partial charge in [0, 0.05) is 23.7 Å². The zero-order valence-electron chi connectivity index (χ0n) is 15.6. The maximum atomic E-state index is 13.0. The Bertz CT molecular complexity index is 1080. The van der Waals surface area contributed by atoms with Crippen molar-refractivity contribution < 1.29 is 18.0 Å². The van der Waals surface area contributed by atoms with Gasteiger partial charge in [0.15, 0.2) is 0 Å². The van der Waals surface area contributed by atoms with Gasteiger partial charge in [-0.2, -0.15) is 4.31 Å². The minimum atomic E-state index is -3.65. The van der Waals surface area contributed by atoms with Gasteiger partial charge < -0.3 is 5.32 Å². The highest BCUT2D eigenvalue weighted by atomic mass is 35.5. The first-order valence-electron chi connectivity index (χ1n) is 9.38. The average Bonchev–Trinajstić information content (AvgIpc) is 2.72. The third kappa shape index (κ3) is 3.88. The van der Waals surface area contributed by atoms with E-state index in [0.717, 1.165) is 19.3 Å². The third-order valence-corrected chi connectivity index (χ3v) is 7.23. The first kappa shape index (κ1) is 19.9. The molecule has 4 rings (SSSR count). The summed E-state index contributed by atoms with van der Waals surface area (Å²) in [6.07, 6.45) is 2.69. The highest BCUT2D eigenvalue weighted by molar-refractivity contribution is 7.89. The molecule has 1 saturated heterocycles. The van der Waals surface area contributed by atoms with Crippen LogP contribution in [0.4, 0.5) is 11.4 Å². The number of carbonyl (C=O) groups is 2. The molecule has 0 spiro atoms. The second-order valence-corrected chi connectivity index (χ2v) is 9.47. The summed E-state index contributed by atoms with van der Waals surface area (Å²) in [6, 6.07) is 10.9. The van der Waals surface area contributed by atoms with Crippen molar-refractivity contribution in [1.82, 2.24) is 4.31 Å². The third-order valence-electron chi connectivity index (χ3n) is 5.10. The smallest absolute Gasteiger partial charge is 0.258 e. The maximum Gasteiger partial charge on any atom is 0.258 e.